The van der Waals surface area contributed by atoms with Crippen molar-refractivity contribution >= 4 is 5.84 Å². The van der Waals surface area contributed by atoms with Crippen molar-refractivity contribution in [2.24, 2.45) is 4.99 Å². The van der Waals surface area contributed by atoms with Gasteiger partial charge in [0.05, 0.1) is 11.9 Å². The Morgan fingerprint density at radius 2 is 1.28 bits per heavy atom. The lowest BCUT2D eigenvalue weighted by molar-refractivity contribution is 0.637. The van der Waals surface area contributed by atoms with Crippen LogP contribution < -0.4 is 5.32 Å². The van der Waals surface area contributed by atoms with Gasteiger partial charge in [-0.25, -0.2) is 0 Å². The molecule has 0 saturated heterocycles. The van der Waals surface area contributed by atoms with Crippen LogP contribution in [-0.2, 0) is 12.8 Å². The summed E-state index contributed by atoms with van der Waals surface area (Å²) < 4.78 is 0. The van der Waals surface area contributed by atoms with E-state index in [-0.39, 0.29) is 6.04 Å². The first-order chi connectivity index (χ1) is 12.4. The standard InChI is InChI=1S/C23H28N2/c1-2-4-14-22(24-17-9-3-1)25-23-20-12-7-5-10-18(20)15-16-19-11-6-8-13-21(19)23/h5-8,10-13,23H,1-4,9,14-17H2,(H,24,25). The number of nitrogens with zero attached hydrogens (tertiary/aromatic N) is 1. The highest BCUT2D eigenvalue weighted by molar-refractivity contribution is 5.83. The monoisotopic (exact) mass is 332 g/mol. The lowest BCUT2D eigenvalue weighted by Crippen LogP contribution is -2.30. The number of amidine groups is 1. The Balaban J connectivity index is 1.69. The molecule has 25 heavy (non-hydrogen) atoms. The fourth-order valence-corrected chi connectivity index (χ4v) is 4.19. The predicted octanol–water partition coefficient (Wildman–Crippen LogP) is 5.22. The topological polar surface area (TPSA) is 24.4 Å². The van der Waals surface area contributed by atoms with E-state index in [4.69, 9.17) is 4.99 Å². The van der Waals surface area contributed by atoms with Crippen LogP contribution >= 0.6 is 0 Å². The van der Waals surface area contributed by atoms with E-state index in [0.29, 0.717) is 0 Å². The van der Waals surface area contributed by atoms with Crippen LogP contribution in [0.2, 0.25) is 0 Å². The van der Waals surface area contributed by atoms with Crippen molar-refractivity contribution in [3.05, 3.63) is 70.8 Å². The van der Waals surface area contributed by atoms with Crippen molar-refractivity contribution in [1.29, 1.82) is 0 Å². The maximum Gasteiger partial charge on any atom is 0.0970 e. The molecule has 0 amide bonds. The number of aryl methyl sites for hydroxylation is 2. The van der Waals surface area contributed by atoms with Crippen LogP contribution in [0.15, 0.2) is 53.5 Å². The summed E-state index contributed by atoms with van der Waals surface area (Å²) in [6, 6.07) is 18.1. The smallest absolute Gasteiger partial charge is 0.0970 e. The van der Waals surface area contributed by atoms with Crippen molar-refractivity contribution in [3.8, 4) is 0 Å². The Bertz CT molecular complexity index is 700. The Morgan fingerprint density at radius 1 is 0.680 bits per heavy atom. The molecule has 2 aromatic rings. The van der Waals surface area contributed by atoms with Crippen LogP contribution in [0, 0.1) is 0 Å². The lowest BCUT2D eigenvalue weighted by atomic mass is 9.94. The Morgan fingerprint density at radius 3 is 2.00 bits per heavy atom. The van der Waals surface area contributed by atoms with E-state index in [0.717, 1.165) is 25.8 Å². The molecule has 0 atom stereocenters. The number of hydrogen-bond donors (Lipinski definition) is 1. The summed E-state index contributed by atoms with van der Waals surface area (Å²) in [5.74, 6) is 1.21. The Hall–Kier alpha value is -2.09. The molecule has 2 nitrogen and oxygen atoms in total. The molecular formula is C23H28N2. The number of hydrogen-bond acceptors (Lipinski definition) is 2. The van der Waals surface area contributed by atoms with Gasteiger partial charge in [0.25, 0.3) is 0 Å². The third kappa shape index (κ3) is 3.78. The lowest BCUT2D eigenvalue weighted by Gasteiger charge is -2.24. The summed E-state index contributed by atoms with van der Waals surface area (Å²) in [7, 11) is 0. The van der Waals surface area contributed by atoms with Crippen molar-refractivity contribution in [2.75, 3.05) is 6.54 Å². The van der Waals surface area contributed by atoms with Gasteiger partial charge < -0.3 is 5.32 Å². The molecule has 2 aromatic carbocycles. The van der Waals surface area contributed by atoms with Gasteiger partial charge in [0, 0.05) is 13.0 Å². The quantitative estimate of drug-likeness (QED) is 0.761. The summed E-state index contributed by atoms with van der Waals surface area (Å²) >= 11 is 0. The normalized spacial score (nSPS) is 18.6. The third-order valence-corrected chi connectivity index (χ3v) is 5.58. The number of fused-ring (bicyclic) bond motifs is 2. The molecule has 2 aliphatic rings. The summed E-state index contributed by atoms with van der Waals surface area (Å²) in [5, 5.41) is 3.86. The zero-order valence-electron chi connectivity index (χ0n) is 15.0. The van der Waals surface area contributed by atoms with Gasteiger partial charge in [-0.1, -0.05) is 67.8 Å². The highest BCUT2D eigenvalue weighted by atomic mass is 15.0. The first-order valence-electron chi connectivity index (χ1n) is 9.87. The molecular weight excluding hydrogens is 304 g/mol. The predicted molar refractivity (Wildman–Crippen MR) is 105 cm³/mol. The Labute approximate surface area is 151 Å². The van der Waals surface area contributed by atoms with Gasteiger partial charge in [0.15, 0.2) is 0 Å². The molecule has 1 aliphatic heterocycles. The van der Waals surface area contributed by atoms with Gasteiger partial charge in [-0.2, -0.15) is 0 Å². The molecule has 0 radical (unpaired) electrons. The van der Waals surface area contributed by atoms with Crippen molar-refractivity contribution < 1.29 is 0 Å². The summed E-state index contributed by atoms with van der Waals surface area (Å²) in [5.41, 5.74) is 5.80. The second kappa shape index (κ2) is 7.86. The van der Waals surface area contributed by atoms with Gasteiger partial charge in [0.1, 0.15) is 0 Å². The minimum atomic E-state index is 0.231. The van der Waals surface area contributed by atoms with Gasteiger partial charge in [-0.15, -0.1) is 0 Å². The van der Waals surface area contributed by atoms with E-state index in [9.17, 15) is 0 Å². The van der Waals surface area contributed by atoms with Crippen LogP contribution in [0.4, 0.5) is 0 Å². The Kier molecular flexibility index (Phi) is 5.15. The molecule has 4 rings (SSSR count). The van der Waals surface area contributed by atoms with E-state index in [2.05, 4.69) is 53.8 Å². The second-order valence-electron chi connectivity index (χ2n) is 7.32. The average Bonchev–Trinajstić information content (AvgIpc) is 2.72. The molecule has 1 N–H and O–H groups in total. The van der Waals surface area contributed by atoms with Gasteiger partial charge in [-0.3, -0.25) is 4.99 Å². The fraction of sp³-hybridized carbons (Fsp3) is 0.435. The molecule has 0 spiro atoms. The molecule has 0 unspecified atom stereocenters. The number of nitrogens with one attached hydrogen (secondary N) is 1. The van der Waals surface area contributed by atoms with E-state index in [1.807, 2.05) is 0 Å². The van der Waals surface area contributed by atoms with Crippen molar-refractivity contribution in [3.63, 3.8) is 0 Å². The number of benzene rings is 2. The highest BCUT2D eigenvalue weighted by Gasteiger charge is 2.24. The van der Waals surface area contributed by atoms with Crippen LogP contribution in [0.3, 0.4) is 0 Å². The second-order valence-corrected chi connectivity index (χ2v) is 7.32. The fourth-order valence-electron chi connectivity index (χ4n) is 4.19. The highest BCUT2D eigenvalue weighted by Crippen LogP contribution is 2.32. The van der Waals surface area contributed by atoms with Gasteiger partial charge in [-0.05, 0) is 47.9 Å². The third-order valence-electron chi connectivity index (χ3n) is 5.58. The van der Waals surface area contributed by atoms with Gasteiger partial charge >= 0.3 is 0 Å². The van der Waals surface area contributed by atoms with Crippen LogP contribution in [0.5, 0.6) is 0 Å². The van der Waals surface area contributed by atoms with Crippen LogP contribution in [-0.4, -0.2) is 12.4 Å². The van der Waals surface area contributed by atoms with E-state index in [1.165, 1.54) is 60.2 Å². The van der Waals surface area contributed by atoms with Crippen molar-refractivity contribution in [2.45, 2.75) is 57.4 Å². The molecule has 1 heterocycles. The first-order valence-corrected chi connectivity index (χ1v) is 9.87. The number of aliphatic imine (C=N–C) groups is 1. The minimum absolute atomic E-state index is 0.231. The largest absolute Gasteiger partial charge is 0.363 e. The van der Waals surface area contributed by atoms with E-state index < -0.39 is 0 Å². The van der Waals surface area contributed by atoms with E-state index >= 15 is 0 Å². The first kappa shape index (κ1) is 16.4. The molecule has 0 aromatic heterocycles. The van der Waals surface area contributed by atoms with Crippen molar-refractivity contribution in [1.82, 2.24) is 5.32 Å². The molecule has 0 fully saturated rings. The van der Waals surface area contributed by atoms with Crippen LogP contribution in [0.1, 0.15) is 66.8 Å². The molecule has 1 aliphatic carbocycles. The average molecular weight is 332 g/mol. The molecule has 0 saturated carbocycles. The minimum Gasteiger partial charge on any atom is -0.363 e. The summed E-state index contributed by atoms with van der Waals surface area (Å²) in [6.45, 7) is 0.971. The van der Waals surface area contributed by atoms with Crippen LogP contribution in [0.25, 0.3) is 0 Å². The number of rotatable bonds is 1. The summed E-state index contributed by atoms with van der Waals surface area (Å²) in [4.78, 5) is 4.92. The zero-order valence-corrected chi connectivity index (χ0v) is 15.0. The summed E-state index contributed by atoms with van der Waals surface area (Å²) in [6.07, 6.45) is 9.82. The van der Waals surface area contributed by atoms with E-state index in [1.54, 1.807) is 0 Å². The molecule has 0 bridgehead atoms. The SMILES string of the molecule is c1ccc2c(c1)CCc1ccccc1C2NC1=NCCCCCCC1. The molecule has 2 heteroatoms. The maximum absolute atomic E-state index is 4.92. The van der Waals surface area contributed by atoms with Gasteiger partial charge in [0.2, 0.25) is 0 Å². The molecule has 130 valence electrons. The zero-order chi connectivity index (χ0) is 16.9. The maximum atomic E-state index is 4.92.